The van der Waals surface area contributed by atoms with E-state index in [0.29, 0.717) is 13.2 Å². The van der Waals surface area contributed by atoms with Crippen molar-refractivity contribution >= 4 is 11.8 Å². The number of hydrogen-bond acceptors (Lipinski definition) is 6. The van der Waals surface area contributed by atoms with E-state index in [9.17, 15) is 10.2 Å². The highest BCUT2D eigenvalue weighted by molar-refractivity contribution is 6.06. The topological polar surface area (TPSA) is 83.6 Å². The van der Waals surface area contributed by atoms with Crippen LogP contribution >= 0.6 is 0 Å². The van der Waals surface area contributed by atoms with Gasteiger partial charge in [0.25, 0.3) is 0 Å². The van der Waals surface area contributed by atoms with Gasteiger partial charge in [0.15, 0.2) is 5.41 Å². The van der Waals surface area contributed by atoms with Gasteiger partial charge in [-0.25, -0.2) is 9.98 Å². The van der Waals surface area contributed by atoms with Crippen LogP contribution in [0.3, 0.4) is 0 Å². The number of benzene rings is 2. The van der Waals surface area contributed by atoms with Gasteiger partial charge in [0.2, 0.25) is 11.8 Å². The predicted molar refractivity (Wildman–Crippen MR) is 102 cm³/mol. The zero-order chi connectivity index (χ0) is 18.7. The second-order valence-corrected chi connectivity index (χ2v) is 6.74. The van der Waals surface area contributed by atoms with Crippen molar-refractivity contribution in [1.82, 2.24) is 0 Å². The standard InChI is InChI=1S/C21H22N2O4/c24-13-21(14-25,19-22-17(11-26-19)15-7-3-1-4-8-15)20-23-18(12-27-20)16-9-5-2-6-10-16/h1-10,17-18,24-25H,11-14H2/t17-,18-/m1/s1. The summed E-state index contributed by atoms with van der Waals surface area (Å²) in [7, 11) is 0. The van der Waals surface area contributed by atoms with E-state index < -0.39 is 18.6 Å². The summed E-state index contributed by atoms with van der Waals surface area (Å²) < 4.78 is 11.6. The zero-order valence-corrected chi connectivity index (χ0v) is 14.9. The van der Waals surface area contributed by atoms with Gasteiger partial charge >= 0.3 is 0 Å². The van der Waals surface area contributed by atoms with Gasteiger partial charge in [-0.3, -0.25) is 0 Å². The average molecular weight is 366 g/mol. The lowest BCUT2D eigenvalue weighted by Crippen LogP contribution is -2.46. The second-order valence-electron chi connectivity index (χ2n) is 6.74. The minimum absolute atomic E-state index is 0.175. The maximum absolute atomic E-state index is 10.1. The maximum Gasteiger partial charge on any atom is 0.204 e. The smallest absolute Gasteiger partial charge is 0.204 e. The Hall–Kier alpha value is -2.70. The van der Waals surface area contributed by atoms with Crippen LogP contribution in [-0.4, -0.2) is 48.4 Å². The molecule has 2 aliphatic rings. The summed E-state index contributed by atoms with van der Waals surface area (Å²) in [6, 6.07) is 19.3. The zero-order valence-electron chi connectivity index (χ0n) is 14.9. The predicted octanol–water partition coefficient (Wildman–Crippen LogP) is 2.30. The third-order valence-corrected chi connectivity index (χ3v) is 5.03. The fourth-order valence-corrected chi connectivity index (χ4v) is 3.38. The monoisotopic (exact) mass is 366 g/mol. The lowest BCUT2D eigenvalue weighted by molar-refractivity contribution is 0.115. The third kappa shape index (κ3) is 3.22. The lowest BCUT2D eigenvalue weighted by atomic mass is 9.89. The Morgan fingerprint density at radius 2 is 1.15 bits per heavy atom. The van der Waals surface area contributed by atoms with Gasteiger partial charge in [-0.2, -0.15) is 0 Å². The number of ether oxygens (including phenoxy) is 2. The molecule has 0 aliphatic carbocycles. The lowest BCUT2D eigenvalue weighted by Gasteiger charge is -2.27. The van der Waals surface area contributed by atoms with E-state index in [4.69, 9.17) is 9.47 Å². The molecule has 2 aromatic carbocycles. The number of nitrogens with zero attached hydrogens (tertiary/aromatic N) is 2. The molecule has 2 N–H and O–H groups in total. The van der Waals surface area contributed by atoms with Crippen LogP contribution in [0.15, 0.2) is 70.6 Å². The van der Waals surface area contributed by atoms with E-state index >= 15 is 0 Å². The van der Waals surface area contributed by atoms with Gasteiger partial charge < -0.3 is 19.7 Å². The van der Waals surface area contributed by atoms with Gasteiger partial charge in [-0.15, -0.1) is 0 Å². The van der Waals surface area contributed by atoms with Crippen molar-refractivity contribution in [3.8, 4) is 0 Å². The first kappa shape index (κ1) is 17.7. The van der Waals surface area contributed by atoms with E-state index in [-0.39, 0.29) is 23.9 Å². The first-order valence-electron chi connectivity index (χ1n) is 9.00. The Morgan fingerprint density at radius 3 is 1.52 bits per heavy atom. The minimum Gasteiger partial charge on any atom is -0.477 e. The highest BCUT2D eigenvalue weighted by Crippen LogP contribution is 2.35. The molecule has 0 saturated heterocycles. The van der Waals surface area contributed by atoms with Gasteiger partial charge in [0, 0.05) is 0 Å². The molecule has 2 atom stereocenters. The molecule has 0 unspecified atom stereocenters. The second kappa shape index (κ2) is 7.50. The molecule has 0 aromatic heterocycles. The van der Waals surface area contributed by atoms with Crippen LogP contribution in [0.4, 0.5) is 0 Å². The molecule has 2 aromatic rings. The summed E-state index contributed by atoms with van der Waals surface area (Å²) in [5.74, 6) is 0.544. The van der Waals surface area contributed by atoms with Crippen LogP contribution < -0.4 is 0 Å². The SMILES string of the molecule is OCC(CO)(C1=N[C@@H](c2ccccc2)CO1)C1=N[C@@H](c2ccccc2)CO1. The van der Waals surface area contributed by atoms with Gasteiger partial charge in [-0.05, 0) is 11.1 Å². The molecule has 6 heteroatoms. The summed E-state index contributed by atoms with van der Waals surface area (Å²) >= 11 is 0. The first-order chi connectivity index (χ1) is 13.3. The molecule has 0 spiro atoms. The molecule has 0 fully saturated rings. The quantitative estimate of drug-likeness (QED) is 0.822. The highest BCUT2D eigenvalue weighted by atomic mass is 16.5. The van der Waals surface area contributed by atoms with Crippen LogP contribution in [0.1, 0.15) is 23.2 Å². The van der Waals surface area contributed by atoms with Crippen molar-refractivity contribution < 1.29 is 19.7 Å². The van der Waals surface area contributed by atoms with Crippen LogP contribution in [0, 0.1) is 5.41 Å². The molecule has 0 saturated carbocycles. The van der Waals surface area contributed by atoms with Gasteiger partial charge in [-0.1, -0.05) is 60.7 Å². The van der Waals surface area contributed by atoms with Gasteiger partial charge in [0.05, 0.1) is 13.2 Å². The maximum atomic E-state index is 10.1. The van der Waals surface area contributed by atoms with Crippen LogP contribution in [0.2, 0.25) is 0 Å². The minimum atomic E-state index is -1.27. The van der Waals surface area contributed by atoms with Crippen LogP contribution in [0.25, 0.3) is 0 Å². The molecule has 0 bridgehead atoms. The largest absolute Gasteiger partial charge is 0.477 e. The third-order valence-electron chi connectivity index (χ3n) is 5.03. The van der Waals surface area contributed by atoms with E-state index in [1.165, 1.54) is 0 Å². The van der Waals surface area contributed by atoms with E-state index in [0.717, 1.165) is 11.1 Å². The van der Waals surface area contributed by atoms with Crippen molar-refractivity contribution in [1.29, 1.82) is 0 Å². The molecular formula is C21H22N2O4. The fourth-order valence-electron chi connectivity index (χ4n) is 3.38. The summed E-state index contributed by atoms with van der Waals surface area (Å²) in [5, 5.41) is 20.3. The molecule has 2 aliphatic heterocycles. The fraction of sp³-hybridized carbons (Fsp3) is 0.333. The number of aliphatic hydroxyl groups excluding tert-OH is 2. The van der Waals surface area contributed by atoms with Crippen LogP contribution in [0.5, 0.6) is 0 Å². The highest BCUT2D eigenvalue weighted by Gasteiger charge is 2.48. The van der Waals surface area contributed by atoms with Crippen molar-refractivity contribution in [3.05, 3.63) is 71.8 Å². The summed E-state index contributed by atoms with van der Waals surface area (Å²) in [5.41, 5.74) is 0.773. The molecular weight excluding hydrogens is 344 g/mol. The van der Waals surface area contributed by atoms with E-state index in [1.54, 1.807) is 0 Å². The molecule has 140 valence electrons. The molecule has 2 heterocycles. The molecule has 4 rings (SSSR count). The Labute approximate surface area is 157 Å². The van der Waals surface area contributed by atoms with Crippen molar-refractivity contribution in [3.63, 3.8) is 0 Å². The Kier molecular flexibility index (Phi) is 4.92. The number of aliphatic imine (C=N–C) groups is 2. The molecule has 0 radical (unpaired) electrons. The molecule has 6 nitrogen and oxygen atoms in total. The average Bonchev–Trinajstić information content (AvgIpc) is 3.42. The number of aliphatic hydroxyl groups is 2. The normalized spacial score (nSPS) is 22.0. The number of hydrogen-bond donors (Lipinski definition) is 2. The summed E-state index contributed by atoms with van der Waals surface area (Å²) in [4.78, 5) is 9.26. The Morgan fingerprint density at radius 1 is 0.741 bits per heavy atom. The Bertz CT molecular complexity index is 764. The molecule has 0 amide bonds. The van der Waals surface area contributed by atoms with Gasteiger partial charge in [0.1, 0.15) is 25.3 Å². The summed E-state index contributed by atoms with van der Waals surface area (Å²) in [6.07, 6.45) is 0. The Balaban J connectivity index is 1.64. The number of rotatable bonds is 6. The van der Waals surface area contributed by atoms with E-state index in [1.807, 2.05) is 60.7 Å². The van der Waals surface area contributed by atoms with E-state index in [2.05, 4.69) is 9.98 Å². The van der Waals surface area contributed by atoms with Crippen molar-refractivity contribution in [2.24, 2.45) is 15.4 Å². The van der Waals surface area contributed by atoms with Crippen molar-refractivity contribution in [2.75, 3.05) is 26.4 Å². The summed E-state index contributed by atoms with van der Waals surface area (Å²) in [6.45, 7) is -0.0820. The molecule has 27 heavy (non-hydrogen) atoms. The van der Waals surface area contributed by atoms with Crippen LogP contribution in [-0.2, 0) is 9.47 Å². The first-order valence-corrected chi connectivity index (χ1v) is 9.00. The van der Waals surface area contributed by atoms with Crippen molar-refractivity contribution in [2.45, 2.75) is 12.1 Å².